The Morgan fingerprint density at radius 3 is 2.68 bits per heavy atom. The summed E-state index contributed by atoms with van der Waals surface area (Å²) in [6.45, 7) is 2.67. The van der Waals surface area contributed by atoms with Gasteiger partial charge in [0.1, 0.15) is 4.83 Å². The van der Waals surface area contributed by atoms with E-state index in [0.29, 0.717) is 16.8 Å². The number of aryl methyl sites for hydroxylation is 2. The second kappa shape index (κ2) is 9.44. The average Bonchev–Trinajstić information content (AvgIpc) is 3.51. The number of hydrogen-bond acceptors (Lipinski definition) is 5. The summed E-state index contributed by atoms with van der Waals surface area (Å²) >= 11 is 1.45. The van der Waals surface area contributed by atoms with Crippen LogP contribution in [0.2, 0.25) is 0 Å². The SMILES string of the molecule is Cc1ccc(-c2csc3ncn(CCC(=O)NCc4cnn(-c5ccccc5)c4)c(=O)c23)cc1. The molecule has 5 rings (SSSR count). The predicted octanol–water partition coefficient (Wildman–Crippen LogP) is 4.33. The van der Waals surface area contributed by atoms with Gasteiger partial charge in [0.25, 0.3) is 5.56 Å². The van der Waals surface area contributed by atoms with Gasteiger partial charge in [0.2, 0.25) is 5.91 Å². The lowest BCUT2D eigenvalue weighted by Gasteiger charge is -2.07. The molecule has 0 aliphatic carbocycles. The van der Waals surface area contributed by atoms with Gasteiger partial charge in [-0.3, -0.25) is 14.2 Å². The van der Waals surface area contributed by atoms with Crippen LogP contribution in [0.5, 0.6) is 0 Å². The quantitative estimate of drug-likeness (QED) is 0.385. The summed E-state index contributed by atoms with van der Waals surface area (Å²) in [5, 5.41) is 9.82. The lowest BCUT2D eigenvalue weighted by molar-refractivity contribution is -0.121. The number of thiophene rings is 1. The molecule has 0 aliphatic heterocycles. The lowest BCUT2D eigenvalue weighted by atomic mass is 10.1. The van der Waals surface area contributed by atoms with Crippen LogP contribution in [0, 0.1) is 6.92 Å². The number of carbonyl (C=O) groups excluding carboxylic acids is 1. The van der Waals surface area contributed by atoms with Crippen LogP contribution in [0.25, 0.3) is 27.0 Å². The fourth-order valence-electron chi connectivity index (χ4n) is 3.76. The minimum Gasteiger partial charge on any atom is -0.352 e. The Morgan fingerprint density at radius 1 is 1.09 bits per heavy atom. The molecule has 34 heavy (non-hydrogen) atoms. The van der Waals surface area contributed by atoms with E-state index in [1.807, 2.05) is 73.1 Å². The van der Waals surface area contributed by atoms with Crippen molar-refractivity contribution in [1.29, 1.82) is 0 Å². The van der Waals surface area contributed by atoms with Crippen LogP contribution in [0.15, 0.2) is 83.5 Å². The minimum atomic E-state index is -0.136. The summed E-state index contributed by atoms with van der Waals surface area (Å²) in [6.07, 6.45) is 5.33. The zero-order valence-corrected chi connectivity index (χ0v) is 19.5. The van der Waals surface area contributed by atoms with Crippen molar-refractivity contribution in [3.05, 3.63) is 100 Å². The van der Waals surface area contributed by atoms with Gasteiger partial charge in [0, 0.05) is 42.2 Å². The van der Waals surface area contributed by atoms with Gasteiger partial charge < -0.3 is 5.32 Å². The molecule has 2 aromatic carbocycles. The number of nitrogens with zero attached hydrogens (tertiary/aromatic N) is 4. The Hall–Kier alpha value is -4.04. The Labute approximate surface area is 200 Å². The first kappa shape index (κ1) is 21.8. The highest BCUT2D eigenvalue weighted by Crippen LogP contribution is 2.30. The third-order valence-electron chi connectivity index (χ3n) is 5.65. The normalized spacial score (nSPS) is 11.1. The summed E-state index contributed by atoms with van der Waals surface area (Å²) in [4.78, 5) is 30.8. The zero-order valence-electron chi connectivity index (χ0n) is 18.6. The Morgan fingerprint density at radius 2 is 1.88 bits per heavy atom. The van der Waals surface area contributed by atoms with Crippen molar-refractivity contribution in [2.24, 2.45) is 0 Å². The van der Waals surface area contributed by atoms with E-state index in [4.69, 9.17) is 0 Å². The molecule has 0 radical (unpaired) electrons. The summed E-state index contributed by atoms with van der Waals surface area (Å²) < 4.78 is 3.29. The number of hydrogen-bond donors (Lipinski definition) is 1. The summed E-state index contributed by atoms with van der Waals surface area (Å²) in [6, 6.07) is 17.9. The molecule has 0 fully saturated rings. The molecule has 0 aliphatic rings. The first-order valence-corrected chi connectivity index (χ1v) is 11.9. The molecule has 1 N–H and O–H groups in total. The third-order valence-corrected chi connectivity index (χ3v) is 6.54. The molecule has 0 unspecified atom stereocenters. The highest BCUT2D eigenvalue weighted by molar-refractivity contribution is 7.17. The molecule has 1 amide bonds. The van der Waals surface area contributed by atoms with Crippen molar-refractivity contribution in [3.63, 3.8) is 0 Å². The maximum absolute atomic E-state index is 13.2. The van der Waals surface area contributed by atoms with Gasteiger partial charge in [0.05, 0.1) is 23.6 Å². The van der Waals surface area contributed by atoms with Crippen molar-refractivity contribution in [1.82, 2.24) is 24.6 Å². The summed E-state index contributed by atoms with van der Waals surface area (Å²) in [5.74, 6) is -0.136. The van der Waals surface area contributed by atoms with E-state index in [1.54, 1.807) is 10.9 Å². The van der Waals surface area contributed by atoms with E-state index in [-0.39, 0.29) is 24.4 Å². The monoisotopic (exact) mass is 469 g/mol. The lowest BCUT2D eigenvalue weighted by Crippen LogP contribution is -2.27. The van der Waals surface area contributed by atoms with Gasteiger partial charge >= 0.3 is 0 Å². The highest BCUT2D eigenvalue weighted by atomic mass is 32.1. The van der Waals surface area contributed by atoms with E-state index in [1.165, 1.54) is 22.2 Å². The third kappa shape index (κ3) is 4.53. The van der Waals surface area contributed by atoms with Crippen molar-refractivity contribution < 1.29 is 4.79 Å². The number of aromatic nitrogens is 4. The first-order valence-electron chi connectivity index (χ1n) is 11.0. The van der Waals surface area contributed by atoms with Gasteiger partial charge in [-0.15, -0.1) is 11.3 Å². The van der Waals surface area contributed by atoms with E-state index in [2.05, 4.69) is 15.4 Å². The van der Waals surface area contributed by atoms with Gasteiger partial charge in [-0.1, -0.05) is 48.0 Å². The molecule has 8 heteroatoms. The van der Waals surface area contributed by atoms with E-state index < -0.39 is 0 Å². The van der Waals surface area contributed by atoms with Crippen molar-refractivity contribution in [2.45, 2.75) is 26.4 Å². The van der Waals surface area contributed by atoms with Crippen LogP contribution in [-0.2, 0) is 17.9 Å². The standard InChI is InChI=1S/C26H23N5O2S/c1-18-7-9-20(10-8-18)22-16-34-25-24(22)26(33)30(17-28-25)12-11-23(32)27-13-19-14-29-31(15-19)21-5-3-2-4-6-21/h2-10,14-17H,11-13H2,1H3,(H,27,32). The van der Waals surface area contributed by atoms with Crippen LogP contribution < -0.4 is 10.9 Å². The van der Waals surface area contributed by atoms with Crippen LogP contribution in [0.1, 0.15) is 17.5 Å². The molecule has 0 spiro atoms. The number of fused-ring (bicyclic) bond motifs is 1. The van der Waals surface area contributed by atoms with E-state index in [9.17, 15) is 9.59 Å². The molecule has 0 saturated heterocycles. The van der Waals surface area contributed by atoms with Crippen LogP contribution in [0.3, 0.4) is 0 Å². The van der Waals surface area contributed by atoms with E-state index >= 15 is 0 Å². The molecule has 170 valence electrons. The van der Waals surface area contributed by atoms with Crippen LogP contribution >= 0.6 is 11.3 Å². The number of rotatable bonds is 7. The largest absolute Gasteiger partial charge is 0.352 e. The zero-order chi connectivity index (χ0) is 23.5. The highest BCUT2D eigenvalue weighted by Gasteiger charge is 2.14. The fourth-order valence-corrected chi connectivity index (χ4v) is 4.66. The Kier molecular flexibility index (Phi) is 6.05. The number of carbonyl (C=O) groups is 1. The Balaban J connectivity index is 1.24. The summed E-state index contributed by atoms with van der Waals surface area (Å²) in [5.41, 5.74) is 4.77. The van der Waals surface area contributed by atoms with Crippen molar-refractivity contribution in [3.8, 4) is 16.8 Å². The molecule has 0 saturated carbocycles. The maximum atomic E-state index is 13.2. The molecular formula is C26H23N5O2S. The van der Waals surface area contributed by atoms with Gasteiger partial charge in [-0.25, -0.2) is 9.67 Å². The molecule has 3 aromatic heterocycles. The minimum absolute atomic E-state index is 0.126. The van der Waals surface area contributed by atoms with Gasteiger partial charge in [-0.05, 0) is 24.6 Å². The molecule has 7 nitrogen and oxygen atoms in total. The second-order valence-electron chi connectivity index (χ2n) is 8.09. The number of para-hydroxylation sites is 1. The first-order chi connectivity index (χ1) is 16.6. The molecule has 0 atom stereocenters. The smallest absolute Gasteiger partial charge is 0.262 e. The number of benzene rings is 2. The van der Waals surface area contributed by atoms with E-state index in [0.717, 1.165) is 27.9 Å². The molecule has 0 bridgehead atoms. The fraction of sp³-hybridized carbons (Fsp3) is 0.154. The van der Waals surface area contributed by atoms with Crippen LogP contribution in [-0.4, -0.2) is 25.2 Å². The Bertz CT molecular complexity index is 1500. The molecular weight excluding hydrogens is 446 g/mol. The maximum Gasteiger partial charge on any atom is 0.262 e. The van der Waals surface area contributed by atoms with Gasteiger partial charge in [0.15, 0.2) is 0 Å². The topological polar surface area (TPSA) is 81.8 Å². The second-order valence-corrected chi connectivity index (χ2v) is 8.95. The summed E-state index contributed by atoms with van der Waals surface area (Å²) in [7, 11) is 0. The predicted molar refractivity (Wildman–Crippen MR) is 134 cm³/mol. The number of nitrogens with one attached hydrogen (secondary N) is 1. The average molecular weight is 470 g/mol. The van der Waals surface area contributed by atoms with Crippen LogP contribution in [0.4, 0.5) is 0 Å². The van der Waals surface area contributed by atoms with Crippen molar-refractivity contribution in [2.75, 3.05) is 0 Å². The van der Waals surface area contributed by atoms with Crippen molar-refractivity contribution >= 4 is 27.5 Å². The molecule has 3 heterocycles. The van der Waals surface area contributed by atoms with Gasteiger partial charge in [-0.2, -0.15) is 5.10 Å². The molecule has 5 aromatic rings. The number of amides is 1.